The zero-order valence-corrected chi connectivity index (χ0v) is 6.44. The maximum atomic E-state index is 10.9. The fourth-order valence-electron chi connectivity index (χ4n) is 1.01. The van der Waals surface area contributed by atoms with Gasteiger partial charge < -0.3 is 4.52 Å². The number of carbonyl (C=O) groups excluding carboxylic acids is 1. The van der Waals surface area contributed by atoms with Gasteiger partial charge in [0.2, 0.25) is 5.76 Å². The van der Waals surface area contributed by atoms with Crippen LogP contribution in [0.5, 0.6) is 0 Å². The number of fused-ring (bicyclic) bond motifs is 1. The molecule has 2 aromatic heterocycles. The van der Waals surface area contributed by atoms with Crippen molar-refractivity contribution in [1.29, 1.82) is 0 Å². The van der Waals surface area contributed by atoms with Crippen LogP contribution in [0.1, 0.15) is 17.5 Å². The number of hydrogen-bond donors (Lipinski definition) is 0. The second-order valence-electron chi connectivity index (χ2n) is 2.44. The van der Waals surface area contributed by atoms with E-state index in [-0.39, 0.29) is 11.5 Å². The lowest BCUT2D eigenvalue weighted by Crippen LogP contribution is -1.89. The van der Waals surface area contributed by atoms with E-state index in [1.165, 1.54) is 6.92 Å². The van der Waals surface area contributed by atoms with Crippen LogP contribution in [0, 0.1) is 0 Å². The summed E-state index contributed by atoms with van der Waals surface area (Å²) < 4.78 is 4.81. The highest BCUT2D eigenvalue weighted by Gasteiger charge is 2.12. The van der Waals surface area contributed by atoms with E-state index in [0.29, 0.717) is 11.0 Å². The SMILES string of the molecule is CC(=O)c1onc2cccnc12. The Morgan fingerprint density at radius 2 is 2.42 bits per heavy atom. The summed E-state index contributed by atoms with van der Waals surface area (Å²) in [6, 6.07) is 3.49. The molecule has 0 N–H and O–H groups in total. The molecule has 2 rings (SSSR count). The Bertz CT molecular complexity index is 433. The van der Waals surface area contributed by atoms with Gasteiger partial charge in [0.25, 0.3) is 0 Å². The minimum atomic E-state index is -0.156. The summed E-state index contributed by atoms with van der Waals surface area (Å²) in [7, 11) is 0. The van der Waals surface area contributed by atoms with E-state index in [1.807, 2.05) is 0 Å². The van der Waals surface area contributed by atoms with Crippen molar-refractivity contribution in [3.05, 3.63) is 24.1 Å². The summed E-state index contributed by atoms with van der Waals surface area (Å²) in [5, 5.41) is 3.68. The quantitative estimate of drug-likeness (QED) is 0.595. The van der Waals surface area contributed by atoms with Crippen molar-refractivity contribution in [2.75, 3.05) is 0 Å². The first-order chi connectivity index (χ1) is 5.79. The number of hydrogen-bond acceptors (Lipinski definition) is 4. The first-order valence-corrected chi connectivity index (χ1v) is 3.50. The first-order valence-electron chi connectivity index (χ1n) is 3.50. The van der Waals surface area contributed by atoms with Gasteiger partial charge in [-0.2, -0.15) is 0 Å². The Morgan fingerprint density at radius 1 is 1.58 bits per heavy atom. The van der Waals surface area contributed by atoms with Gasteiger partial charge in [0.15, 0.2) is 5.78 Å². The molecule has 0 aliphatic carbocycles. The topological polar surface area (TPSA) is 56.0 Å². The normalized spacial score (nSPS) is 10.4. The van der Waals surface area contributed by atoms with Gasteiger partial charge in [0.1, 0.15) is 11.0 Å². The predicted octanol–water partition coefficient (Wildman–Crippen LogP) is 1.43. The number of nitrogens with zero attached hydrogens (tertiary/aromatic N) is 2. The molecule has 0 unspecified atom stereocenters. The molecule has 0 atom stereocenters. The summed E-state index contributed by atoms with van der Waals surface area (Å²) in [4.78, 5) is 14.9. The molecular weight excluding hydrogens is 156 g/mol. The largest absolute Gasteiger partial charge is 0.350 e. The number of carbonyl (C=O) groups is 1. The molecule has 2 aromatic rings. The molecule has 0 saturated carbocycles. The van der Waals surface area contributed by atoms with Crippen molar-refractivity contribution >= 4 is 16.8 Å². The molecule has 4 nitrogen and oxygen atoms in total. The molecule has 0 amide bonds. The van der Waals surface area contributed by atoms with Gasteiger partial charge in [0, 0.05) is 13.1 Å². The number of aromatic nitrogens is 2. The number of pyridine rings is 1. The van der Waals surface area contributed by atoms with Gasteiger partial charge in [-0.1, -0.05) is 5.16 Å². The second kappa shape index (κ2) is 2.41. The fraction of sp³-hybridized carbons (Fsp3) is 0.125. The molecule has 0 fully saturated rings. The molecule has 0 aliphatic heterocycles. The number of Topliss-reactive ketones (excluding diaryl/α,β-unsaturated/α-hetero) is 1. The summed E-state index contributed by atoms with van der Waals surface area (Å²) >= 11 is 0. The van der Waals surface area contributed by atoms with E-state index < -0.39 is 0 Å². The molecule has 0 aromatic carbocycles. The first kappa shape index (κ1) is 6.97. The lowest BCUT2D eigenvalue weighted by Gasteiger charge is -1.85. The van der Waals surface area contributed by atoms with Crippen LogP contribution in [0.25, 0.3) is 11.0 Å². The van der Waals surface area contributed by atoms with E-state index in [4.69, 9.17) is 4.52 Å². The van der Waals surface area contributed by atoms with E-state index in [9.17, 15) is 4.79 Å². The van der Waals surface area contributed by atoms with Crippen LogP contribution < -0.4 is 0 Å². The maximum absolute atomic E-state index is 10.9. The zero-order chi connectivity index (χ0) is 8.55. The minimum Gasteiger partial charge on any atom is -0.350 e. The second-order valence-corrected chi connectivity index (χ2v) is 2.44. The highest BCUT2D eigenvalue weighted by molar-refractivity contribution is 6.01. The monoisotopic (exact) mass is 162 g/mol. The molecule has 0 bridgehead atoms. The van der Waals surface area contributed by atoms with E-state index in [0.717, 1.165) is 0 Å². The van der Waals surface area contributed by atoms with E-state index >= 15 is 0 Å². The molecular formula is C8H6N2O2. The zero-order valence-electron chi connectivity index (χ0n) is 6.44. The Labute approximate surface area is 68.2 Å². The summed E-state index contributed by atoms with van der Waals surface area (Å²) in [6.07, 6.45) is 1.60. The smallest absolute Gasteiger partial charge is 0.228 e. The van der Waals surface area contributed by atoms with Crippen molar-refractivity contribution in [2.24, 2.45) is 0 Å². The van der Waals surface area contributed by atoms with Crippen LogP contribution in [-0.4, -0.2) is 15.9 Å². The molecule has 12 heavy (non-hydrogen) atoms. The molecule has 0 saturated heterocycles. The van der Waals surface area contributed by atoms with Crippen LogP contribution in [-0.2, 0) is 0 Å². The Balaban J connectivity index is 2.79. The average Bonchev–Trinajstić information content (AvgIpc) is 2.47. The lowest BCUT2D eigenvalue weighted by atomic mass is 10.3. The maximum Gasteiger partial charge on any atom is 0.228 e. The van der Waals surface area contributed by atoms with Crippen molar-refractivity contribution in [3.63, 3.8) is 0 Å². The molecule has 0 spiro atoms. The summed E-state index contributed by atoms with van der Waals surface area (Å²) in [5.41, 5.74) is 1.15. The molecule has 60 valence electrons. The molecule has 0 radical (unpaired) electrons. The van der Waals surface area contributed by atoms with Crippen LogP contribution in [0.15, 0.2) is 22.9 Å². The van der Waals surface area contributed by atoms with Crippen LogP contribution in [0.2, 0.25) is 0 Å². The molecule has 2 heterocycles. The Kier molecular flexibility index (Phi) is 1.40. The van der Waals surface area contributed by atoms with E-state index in [2.05, 4.69) is 10.1 Å². The third-order valence-corrected chi connectivity index (χ3v) is 1.56. The molecule has 0 aliphatic rings. The number of ketones is 1. The van der Waals surface area contributed by atoms with Crippen LogP contribution in [0.3, 0.4) is 0 Å². The highest BCUT2D eigenvalue weighted by Crippen LogP contribution is 2.14. The predicted molar refractivity (Wildman–Crippen MR) is 41.8 cm³/mol. The van der Waals surface area contributed by atoms with Crippen molar-refractivity contribution < 1.29 is 9.32 Å². The highest BCUT2D eigenvalue weighted by atomic mass is 16.5. The van der Waals surface area contributed by atoms with E-state index in [1.54, 1.807) is 18.3 Å². The third-order valence-electron chi connectivity index (χ3n) is 1.56. The Hall–Kier alpha value is -1.71. The molecule has 4 heteroatoms. The average molecular weight is 162 g/mol. The van der Waals surface area contributed by atoms with Gasteiger partial charge in [-0.05, 0) is 12.1 Å². The van der Waals surface area contributed by atoms with Gasteiger partial charge in [-0.25, -0.2) is 0 Å². The summed E-state index contributed by atoms with van der Waals surface area (Å²) in [5.74, 6) is 0.0711. The van der Waals surface area contributed by atoms with Gasteiger partial charge in [-0.3, -0.25) is 9.78 Å². The van der Waals surface area contributed by atoms with Crippen molar-refractivity contribution in [2.45, 2.75) is 6.92 Å². The summed E-state index contributed by atoms with van der Waals surface area (Å²) in [6.45, 7) is 1.43. The fourth-order valence-corrected chi connectivity index (χ4v) is 1.01. The van der Waals surface area contributed by atoms with Gasteiger partial charge in [0.05, 0.1) is 0 Å². The Morgan fingerprint density at radius 3 is 3.17 bits per heavy atom. The third kappa shape index (κ3) is 0.887. The lowest BCUT2D eigenvalue weighted by molar-refractivity contribution is 0.0980. The van der Waals surface area contributed by atoms with Crippen LogP contribution in [0.4, 0.5) is 0 Å². The van der Waals surface area contributed by atoms with Crippen LogP contribution >= 0.6 is 0 Å². The van der Waals surface area contributed by atoms with Gasteiger partial charge in [-0.15, -0.1) is 0 Å². The minimum absolute atomic E-state index is 0.156. The van der Waals surface area contributed by atoms with Crippen molar-refractivity contribution in [3.8, 4) is 0 Å². The number of rotatable bonds is 1. The van der Waals surface area contributed by atoms with Gasteiger partial charge >= 0.3 is 0 Å². The standard InChI is InChI=1S/C8H6N2O2/c1-5(11)8-7-6(10-12-8)3-2-4-9-7/h2-4H,1H3. The van der Waals surface area contributed by atoms with Crippen molar-refractivity contribution in [1.82, 2.24) is 10.1 Å².